The van der Waals surface area contributed by atoms with Crippen LogP contribution in [0.3, 0.4) is 0 Å². The average Bonchev–Trinajstić information content (AvgIpc) is 3.35. The van der Waals surface area contributed by atoms with Gasteiger partial charge in [0.2, 0.25) is 11.2 Å². The second kappa shape index (κ2) is 5.89. The minimum absolute atomic E-state index is 0.0139. The molecule has 1 aromatic heterocycles. The van der Waals surface area contributed by atoms with Crippen molar-refractivity contribution in [3.8, 4) is 5.75 Å². The number of hydrogen-bond acceptors (Lipinski definition) is 4. The molecule has 3 rings (SSSR count). The van der Waals surface area contributed by atoms with Crippen molar-refractivity contribution in [3.05, 3.63) is 39.2 Å². The van der Waals surface area contributed by atoms with E-state index >= 15 is 0 Å². The van der Waals surface area contributed by atoms with Crippen molar-refractivity contribution in [2.24, 2.45) is 0 Å². The van der Waals surface area contributed by atoms with Crippen LogP contribution in [-0.4, -0.2) is 24.3 Å². The Balaban J connectivity index is 2.49. The zero-order valence-corrected chi connectivity index (χ0v) is 13.6. The number of benzene rings is 1. The summed E-state index contributed by atoms with van der Waals surface area (Å²) in [4.78, 5) is 24.9. The number of ether oxygens (including phenoxy) is 2. The van der Waals surface area contributed by atoms with Gasteiger partial charge in [0, 0.05) is 11.7 Å². The summed E-state index contributed by atoms with van der Waals surface area (Å²) in [7, 11) is 1.22. The van der Waals surface area contributed by atoms with Gasteiger partial charge in [0.15, 0.2) is 11.6 Å². The first-order valence-corrected chi connectivity index (χ1v) is 7.70. The van der Waals surface area contributed by atoms with Crippen molar-refractivity contribution < 1.29 is 23.0 Å². The molecule has 0 unspecified atom stereocenters. The van der Waals surface area contributed by atoms with Crippen LogP contribution in [0.1, 0.15) is 41.9 Å². The molecular weight excluding hydrogens is 320 g/mol. The van der Waals surface area contributed by atoms with Crippen molar-refractivity contribution in [2.75, 3.05) is 13.7 Å². The maximum atomic E-state index is 14.1. The minimum atomic E-state index is -1.20. The Hall–Kier alpha value is -2.44. The van der Waals surface area contributed by atoms with Crippen molar-refractivity contribution in [1.82, 2.24) is 4.57 Å². The van der Waals surface area contributed by atoms with Crippen LogP contribution in [0, 0.1) is 18.6 Å². The molecule has 0 aliphatic heterocycles. The first kappa shape index (κ1) is 16.4. The molecule has 0 bridgehead atoms. The van der Waals surface area contributed by atoms with E-state index in [1.54, 1.807) is 18.4 Å². The Labute approximate surface area is 136 Å². The number of pyridine rings is 1. The van der Waals surface area contributed by atoms with Crippen molar-refractivity contribution in [1.29, 1.82) is 0 Å². The molecule has 0 spiro atoms. The summed E-state index contributed by atoms with van der Waals surface area (Å²) >= 11 is 0. The summed E-state index contributed by atoms with van der Waals surface area (Å²) in [5.41, 5.74) is -0.286. The van der Waals surface area contributed by atoms with E-state index in [0.717, 1.165) is 18.9 Å². The summed E-state index contributed by atoms with van der Waals surface area (Å²) in [6, 6.07) is 0.830. The minimum Gasteiger partial charge on any atom is -0.491 e. The highest BCUT2D eigenvalue weighted by Crippen LogP contribution is 2.41. The average molecular weight is 337 g/mol. The Morgan fingerprint density at radius 3 is 2.58 bits per heavy atom. The molecule has 1 saturated carbocycles. The Morgan fingerprint density at radius 2 is 2.04 bits per heavy atom. The number of methoxy groups -OCH3 is 1. The van der Waals surface area contributed by atoms with Crippen LogP contribution in [0.4, 0.5) is 8.78 Å². The van der Waals surface area contributed by atoms with Crippen LogP contribution in [-0.2, 0) is 4.74 Å². The van der Waals surface area contributed by atoms with Gasteiger partial charge >= 0.3 is 5.97 Å². The zero-order valence-electron chi connectivity index (χ0n) is 13.6. The van der Waals surface area contributed by atoms with E-state index in [9.17, 15) is 18.4 Å². The lowest BCUT2D eigenvalue weighted by molar-refractivity contribution is 0.0523. The third kappa shape index (κ3) is 2.35. The lowest BCUT2D eigenvalue weighted by atomic mass is 10.1. The molecule has 5 nitrogen and oxygen atoms in total. The summed E-state index contributed by atoms with van der Waals surface area (Å²) in [5, 5.41) is -0.0914. The number of fused-ring (bicyclic) bond motifs is 1. The van der Waals surface area contributed by atoms with Crippen LogP contribution in [0.25, 0.3) is 10.9 Å². The first-order valence-electron chi connectivity index (χ1n) is 7.70. The molecule has 24 heavy (non-hydrogen) atoms. The molecule has 1 fully saturated rings. The SMILES string of the molecule is CCOC(=O)c1c(C)n(C2CC2)c2c(OC)c(F)c(F)cc2c1=O. The van der Waals surface area contributed by atoms with Gasteiger partial charge in [-0.15, -0.1) is 0 Å². The van der Waals surface area contributed by atoms with Crippen LogP contribution in [0.5, 0.6) is 5.75 Å². The Kier molecular flexibility index (Phi) is 4.03. The number of hydrogen-bond donors (Lipinski definition) is 0. The van der Waals surface area contributed by atoms with E-state index < -0.39 is 23.0 Å². The highest BCUT2D eigenvalue weighted by Gasteiger charge is 2.32. The van der Waals surface area contributed by atoms with Crippen LogP contribution in [0.15, 0.2) is 10.9 Å². The van der Waals surface area contributed by atoms with E-state index in [2.05, 4.69) is 0 Å². The molecular formula is C17H17F2NO4. The number of nitrogens with zero attached hydrogens (tertiary/aromatic N) is 1. The van der Waals surface area contributed by atoms with Crippen LogP contribution >= 0.6 is 0 Å². The Morgan fingerprint density at radius 1 is 1.38 bits per heavy atom. The van der Waals surface area contributed by atoms with Gasteiger partial charge in [0.05, 0.1) is 24.6 Å². The van der Waals surface area contributed by atoms with E-state index in [4.69, 9.17) is 9.47 Å². The summed E-state index contributed by atoms with van der Waals surface area (Å²) in [6.07, 6.45) is 1.65. The highest BCUT2D eigenvalue weighted by molar-refractivity contribution is 5.97. The molecule has 0 radical (unpaired) electrons. The molecule has 7 heteroatoms. The van der Waals surface area contributed by atoms with Gasteiger partial charge < -0.3 is 14.0 Å². The molecule has 1 aliphatic carbocycles. The van der Waals surface area contributed by atoms with Gasteiger partial charge in [-0.1, -0.05) is 0 Å². The van der Waals surface area contributed by atoms with Crippen LogP contribution < -0.4 is 10.2 Å². The predicted octanol–water partition coefficient (Wildman–Crippen LogP) is 3.11. The molecule has 0 N–H and O–H groups in total. The maximum Gasteiger partial charge on any atom is 0.343 e. The number of esters is 1. The van der Waals surface area contributed by atoms with Gasteiger partial charge in [-0.3, -0.25) is 4.79 Å². The predicted molar refractivity (Wildman–Crippen MR) is 83.6 cm³/mol. The number of carbonyl (C=O) groups is 1. The summed E-state index contributed by atoms with van der Waals surface area (Å²) < 4.78 is 39.7. The largest absolute Gasteiger partial charge is 0.491 e. The fourth-order valence-electron chi connectivity index (χ4n) is 3.01. The maximum absolute atomic E-state index is 14.1. The van der Waals surface area contributed by atoms with E-state index in [0.29, 0.717) is 5.69 Å². The molecule has 0 atom stereocenters. The molecule has 1 aliphatic rings. The lowest BCUT2D eigenvalue weighted by Gasteiger charge is -2.19. The third-order valence-electron chi connectivity index (χ3n) is 4.18. The summed E-state index contributed by atoms with van der Waals surface area (Å²) in [6.45, 7) is 3.35. The number of rotatable bonds is 4. The van der Waals surface area contributed by atoms with Crippen molar-refractivity contribution in [3.63, 3.8) is 0 Å². The van der Waals surface area contributed by atoms with Gasteiger partial charge in [-0.25, -0.2) is 9.18 Å². The van der Waals surface area contributed by atoms with Gasteiger partial charge in [0.1, 0.15) is 5.56 Å². The van der Waals surface area contributed by atoms with E-state index in [1.165, 1.54) is 7.11 Å². The number of aromatic nitrogens is 1. The normalized spacial score (nSPS) is 14.0. The second-order valence-electron chi connectivity index (χ2n) is 5.71. The van der Waals surface area contributed by atoms with E-state index in [1.807, 2.05) is 0 Å². The van der Waals surface area contributed by atoms with Crippen LogP contribution in [0.2, 0.25) is 0 Å². The quantitative estimate of drug-likeness (QED) is 0.805. The molecule has 0 amide bonds. The monoisotopic (exact) mass is 337 g/mol. The standard InChI is InChI=1S/C17H17F2NO4/c1-4-24-17(22)12-8(2)20(9-5-6-9)14-10(15(12)21)7-11(18)13(19)16(14)23-3/h7,9H,4-6H2,1-3H3. The molecule has 1 aromatic carbocycles. The highest BCUT2D eigenvalue weighted by atomic mass is 19.2. The molecule has 128 valence electrons. The number of carbonyl (C=O) groups excluding carboxylic acids is 1. The molecule has 1 heterocycles. The summed E-state index contributed by atoms with van der Waals surface area (Å²) in [5.74, 6) is -3.44. The number of halogens is 2. The topological polar surface area (TPSA) is 57.5 Å². The fourth-order valence-corrected chi connectivity index (χ4v) is 3.01. The first-order chi connectivity index (χ1) is 11.4. The smallest absolute Gasteiger partial charge is 0.343 e. The van der Waals surface area contributed by atoms with Crippen molar-refractivity contribution >= 4 is 16.9 Å². The molecule has 0 saturated heterocycles. The zero-order chi connectivity index (χ0) is 17.6. The lowest BCUT2D eigenvalue weighted by Crippen LogP contribution is -2.24. The Bertz CT molecular complexity index is 900. The van der Waals surface area contributed by atoms with E-state index in [-0.39, 0.29) is 34.9 Å². The van der Waals surface area contributed by atoms with Gasteiger partial charge in [0.25, 0.3) is 0 Å². The molecule has 2 aromatic rings. The fraction of sp³-hybridized carbons (Fsp3) is 0.412. The third-order valence-corrected chi connectivity index (χ3v) is 4.18. The van der Waals surface area contributed by atoms with Gasteiger partial charge in [-0.2, -0.15) is 4.39 Å². The van der Waals surface area contributed by atoms with Crippen molar-refractivity contribution in [2.45, 2.75) is 32.7 Å². The van der Waals surface area contributed by atoms with Gasteiger partial charge in [-0.05, 0) is 32.8 Å². The second-order valence-corrected chi connectivity index (χ2v) is 5.71.